The molecule has 1 aromatic rings. The SMILES string of the molecule is C#CCNC(=S)Nc1cc(C)ccc1C. The van der Waals surface area contributed by atoms with E-state index in [0.717, 1.165) is 11.3 Å². The fraction of sp³-hybridized carbons (Fsp3) is 0.250. The van der Waals surface area contributed by atoms with E-state index in [9.17, 15) is 0 Å². The van der Waals surface area contributed by atoms with Crippen LogP contribution in [-0.4, -0.2) is 11.7 Å². The van der Waals surface area contributed by atoms with Gasteiger partial charge in [-0.25, -0.2) is 0 Å². The van der Waals surface area contributed by atoms with E-state index in [2.05, 4.69) is 34.8 Å². The molecule has 0 aliphatic heterocycles. The zero-order valence-corrected chi connectivity index (χ0v) is 9.74. The van der Waals surface area contributed by atoms with Gasteiger partial charge in [0.15, 0.2) is 5.11 Å². The van der Waals surface area contributed by atoms with Crippen LogP contribution in [0, 0.1) is 26.2 Å². The summed E-state index contributed by atoms with van der Waals surface area (Å²) in [4.78, 5) is 0. The molecule has 1 aromatic carbocycles. The van der Waals surface area contributed by atoms with Gasteiger partial charge >= 0.3 is 0 Å². The highest BCUT2D eigenvalue weighted by molar-refractivity contribution is 7.80. The van der Waals surface area contributed by atoms with E-state index >= 15 is 0 Å². The number of aryl methyl sites for hydroxylation is 2. The summed E-state index contributed by atoms with van der Waals surface area (Å²) in [5.41, 5.74) is 3.37. The maximum absolute atomic E-state index is 5.12. The van der Waals surface area contributed by atoms with Crippen molar-refractivity contribution in [1.29, 1.82) is 0 Å². The third kappa shape index (κ3) is 3.61. The van der Waals surface area contributed by atoms with E-state index in [4.69, 9.17) is 18.6 Å². The Kier molecular flexibility index (Phi) is 4.14. The Bertz CT molecular complexity index is 405. The molecule has 0 saturated heterocycles. The van der Waals surface area contributed by atoms with Crippen molar-refractivity contribution in [3.05, 3.63) is 29.3 Å². The van der Waals surface area contributed by atoms with Crippen molar-refractivity contribution in [2.75, 3.05) is 11.9 Å². The summed E-state index contributed by atoms with van der Waals surface area (Å²) in [6, 6.07) is 6.18. The van der Waals surface area contributed by atoms with Gasteiger partial charge in [-0.1, -0.05) is 18.1 Å². The first kappa shape index (κ1) is 11.5. The summed E-state index contributed by atoms with van der Waals surface area (Å²) in [7, 11) is 0. The van der Waals surface area contributed by atoms with Crippen LogP contribution in [0.25, 0.3) is 0 Å². The summed E-state index contributed by atoms with van der Waals surface area (Å²) >= 11 is 5.09. The van der Waals surface area contributed by atoms with E-state index in [1.54, 1.807) is 0 Å². The second-order valence-corrected chi connectivity index (χ2v) is 3.74. The van der Waals surface area contributed by atoms with E-state index < -0.39 is 0 Å². The van der Waals surface area contributed by atoms with E-state index in [1.807, 2.05) is 13.8 Å². The molecular weight excluding hydrogens is 204 g/mol. The minimum absolute atomic E-state index is 0.441. The summed E-state index contributed by atoms with van der Waals surface area (Å²) in [6.07, 6.45) is 5.12. The van der Waals surface area contributed by atoms with Crippen molar-refractivity contribution in [3.63, 3.8) is 0 Å². The summed E-state index contributed by atoms with van der Waals surface area (Å²) in [5.74, 6) is 2.47. The molecule has 0 aromatic heterocycles. The molecule has 15 heavy (non-hydrogen) atoms. The van der Waals surface area contributed by atoms with Gasteiger partial charge in [-0.3, -0.25) is 0 Å². The largest absolute Gasteiger partial charge is 0.352 e. The number of hydrogen-bond acceptors (Lipinski definition) is 1. The lowest BCUT2D eigenvalue weighted by molar-refractivity contribution is 1.08. The first-order valence-electron chi connectivity index (χ1n) is 4.69. The molecule has 1 rings (SSSR count). The highest BCUT2D eigenvalue weighted by Crippen LogP contribution is 2.15. The molecule has 3 heteroatoms. The lowest BCUT2D eigenvalue weighted by atomic mass is 10.1. The Hall–Kier alpha value is -1.53. The van der Waals surface area contributed by atoms with Crippen LogP contribution in [0.5, 0.6) is 0 Å². The van der Waals surface area contributed by atoms with E-state index in [0.29, 0.717) is 11.7 Å². The van der Waals surface area contributed by atoms with Crippen molar-refractivity contribution >= 4 is 23.0 Å². The number of benzene rings is 1. The first-order valence-corrected chi connectivity index (χ1v) is 5.10. The molecule has 0 unspecified atom stereocenters. The predicted octanol–water partition coefficient (Wildman–Crippen LogP) is 2.22. The Labute approximate surface area is 96.1 Å². The van der Waals surface area contributed by atoms with Gasteiger partial charge in [0.05, 0.1) is 6.54 Å². The number of rotatable bonds is 2. The normalized spacial score (nSPS) is 9.13. The number of hydrogen-bond donors (Lipinski definition) is 2. The molecule has 0 bridgehead atoms. The van der Waals surface area contributed by atoms with Crippen LogP contribution in [0.4, 0.5) is 5.69 Å². The van der Waals surface area contributed by atoms with Gasteiger partial charge in [-0.2, -0.15) is 0 Å². The van der Waals surface area contributed by atoms with Gasteiger partial charge in [0.2, 0.25) is 0 Å². The molecule has 0 heterocycles. The molecule has 78 valence electrons. The number of anilines is 1. The second-order valence-electron chi connectivity index (χ2n) is 3.33. The Balaban J connectivity index is 2.68. The Morgan fingerprint density at radius 1 is 1.47 bits per heavy atom. The van der Waals surface area contributed by atoms with Crippen molar-refractivity contribution < 1.29 is 0 Å². The van der Waals surface area contributed by atoms with E-state index in [-0.39, 0.29) is 0 Å². The van der Waals surface area contributed by atoms with Crippen LogP contribution in [0.2, 0.25) is 0 Å². The predicted molar refractivity (Wildman–Crippen MR) is 69.0 cm³/mol. The molecule has 2 N–H and O–H groups in total. The quantitative estimate of drug-likeness (QED) is 0.588. The van der Waals surface area contributed by atoms with Gasteiger partial charge in [0.1, 0.15) is 0 Å². The van der Waals surface area contributed by atoms with Crippen molar-refractivity contribution in [1.82, 2.24) is 5.32 Å². The molecule has 0 radical (unpaired) electrons. The molecular formula is C12H14N2S. The van der Waals surface area contributed by atoms with Crippen molar-refractivity contribution in [3.8, 4) is 12.3 Å². The second kappa shape index (κ2) is 5.38. The molecule has 0 spiro atoms. The molecule has 0 aliphatic carbocycles. The lowest BCUT2D eigenvalue weighted by Crippen LogP contribution is -2.28. The maximum Gasteiger partial charge on any atom is 0.171 e. The minimum atomic E-state index is 0.441. The standard InChI is InChI=1S/C12H14N2S/c1-4-7-13-12(15)14-11-8-9(2)5-6-10(11)3/h1,5-6,8H,7H2,2-3H3,(H2,13,14,15). The molecule has 0 saturated carbocycles. The summed E-state index contributed by atoms with van der Waals surface area (Å²) in [5, 5.41) is 6.58. The molecule has 0 aliphatic rings. The molecule has 0 atom stereocenters. The average molecular weight is 218 g/mol. The third-order valence-corrected chi connectivity index (χ3v) is 2.24. The minimum Gasteiger partial charge on any atom is -0.352 e. The van der Waals surface area contributed by atoms with Crippen LogP contribution in [0.3, 0.4) is 0 Å². The Morgan fingerprint density at radius 2 is 2.20 bits per heavy atom. The monoisotopic (exact) mass is 218 g/mol. The summed E-state index contributed by atoms with van der Waals surface area (Å²) < 4.78 is 0. The summed E-state index contributed by atoms with van der Waals surface area (Å²) in [6.45, 7) is 4.52. The number of thiocarbonyl (C=S) groups is 1. The van der Waals surface area contributed by atoms with Crippen LogP contribution >= 0.6 is 12.2 Å². The highest BCUT2D eigenvalue weighted by atomic mass is 32.1. The smallest absolute Gasteiger partial charge is 0.171 e. The van der Waals surface area contributed by atoms with Gasteiger partial charge in [-0.05, 0) is 43.3 Å². The van der Waals surface area contributed by atoms with Crippen LogP contribution in [0.15, 0.2) is 18.2 Å². The highest BCUT2D eigenvalue weighted by Gasteiger charge is 2.00. The van der Waals surface area contributed by atoms with Gasteiger partial charge in [0, 0.05) is 5.69 Å². The number of terminal acetylenes is 1. The van der Waals surface area contributed by atoms with Gasteiger partial charge in [0.25, 0.3) is 0 Å². The lowest BCUT2D eigenvalue weighted by Gasteiger charge is -2.11. The van der Waals surface area contributed by atoms with Crippen LogP contribution in [-0.2, 0) is 0 Å². The van der Waals surface area contributed by atoms with Gasteiger partial charge < -0.3 is 10.6 Å². The fourth-order valence-corrected chi connectivity index (χ4v) is 1.35. The third-order valence-electron chi connectivity index (χ3n) is 1.99. The topological polar surface area (TPSA) is 24.1 Å². The van der Waals surface area contributed by atoms with Crippen molar-refractivity contribution in [2.24, 2.45) is 0 Å². The average Bonchev–Trinajstić information content (AvgIpc) is 2.20. The molecule has 0 amide bonds. The molecule has 0 fully saturated rings. The maximum atomic E-state index is 5.12. The zero-order chi connectivity index (χ0) is 11.3. The zero-order valence-electron chi connectivity index (χ0n) is 8.92. The van der Waals surface area contributed by atoms with E-state index in [1.165, 1.54) is 5.56 Å². The molecule has 2 nitrogen and oxygen atoms in total. The first-order chi connectivity index (χ1) is 7.13. The van der Waals surface area contributed by atoms with Crippen LogP contribution < -0.4 is 10.6 Å². The number of nitrogens with one attached hydrogen (secondary N) is 2. The fourth-order valence-electron chi connectivity index (χ4n) is 1.17. The van der Waals surface area contributed by atoms with Gasteiger partial charge in [-0.15, -0.1) is 6.42 Å². The van der Waals surface area contributed by atoms with Crippen molar-refractivity contribution in [2.45, 2.75) is 13.8 Å². The van der Waals surface area contributed by atoms with Crippen LogP contribution in [0.1, 0.15) is 11.1 Å². The Morgan fingerprint density at radius 3 is 2.87 bits per heavy atom.